The second kappa shape index (κ2) is 7.35. The van der Waals surface area contributed by atoms with Gasteiger partial charge in [0.15, 0.2) is 11.6 Å². The van der Waals surface area contributed by atoms with Gasteiger partial charge < -0.3 is 9.47 Å². The number of carbonyl (C=O) groups is 1. The largest absolute Gasteiger partial charge is 0.513 e. The monoisotopic (exact) mass is 323 g/mol. The zero-order valence-electron chi connectivity index (χ0n) is 13.4. The van der Waals surface area contributed by atoms with Gasteiger partial charge in [-0.1, -0.05) is 20.3 Å². The summed E-state index contributed by atoms with van der Waals surface area (Å²) >= 11 is 0. The van der Waals surface area contributed by atoms with Crippen molar-refractivity contribution in [3.8, 4) is 5.75 Å². The van der Waals surface area contributed by atoms with Gasteiger partial charge in [-0.3, -0.25) is 4.98 Å². The summed E-state index contributed by atoms with van der Waals surface area (Å²) in [4.78, 5) is 16.1. The van der Waals surface area contributed by atoms with Gasteiger partial charge in [0.2, 0.25) is 0 Å². The van der Waals surface area contributed by atoms with Crippen LogP contribution in [0.15, 0.2) is 12.1 Å². The fraction of sp³-hybridized carbons (Fsp3) is 0.412. The third-order valence-corrected chi connectivity index (χ3v) is 3.55. The number of aryl methyl sites for hydroxylation is 1. The highest BCUT2D eigenvalue weighted by Gasteiger charge is 2.18. The Kier molecular flexibility index (Phi) is 5.47. The van der Waals surface area contributed by atoms with E-state index in [0.717, 1.165) is 25.0 Å². The molecule has 0 aliphatic carbocycles. The molecule has 0 radical (unpaired) electrons. The smallest absolute Gasteiger partial charge is 0.434 e. The molecule has 0 fully saturated rings. The molecule has 23 heavy (non-hydrogen) atoms. The zero-order chi connectivity index (χ0) is 17.0. The number of ether oxygens (including phenoxy) is 2. The maximum absolute atomic E-state index is 13.6. The summed E-state index contributed by atoms with van der Waals surface area (Å²) in [7, 11) is 0. The van der Waals surface area contributed by atoms with Crippen LogP contribution >= 0.6 is 0 Å². The summed E-state index contributed by atoms with van der Waals surface area (Å²) in [5.74, 6) is -1.85. The van der Waals surface area contributed by atoms with E-state index in [1.807, 2.05) is 13.8 Å². The highest BCUT2D eigenvalue weighted by molar-refractivity contribution is 5.88. The summed E-state index contributed by atoms with van der Waals surface area (Å²) in [6.45, 7) is 5.83. The molecule has 0 amide bonds. The van der Waals surface area contributed by atoms with Crippen molar-refractivity contribution in [2.24, 2.45) is 0 Å². The first kappa shape index (κ1) is 17.1. The number of benzene rings is 1. The van der Waals surface area contributed by atoms with Gasteiger partial charge in [0.1, 0.15) is 5.75 Å². The first-order valence-corrected chi connectivity index (χ1v) is 7.60. The van der Waals surface area contributed by atoms with E-state index in [9.17, 15) is 13.6 Å². The summed E-state index contributed by atoms with van der Waals surface area (Å²) in [5.41, 5.74) is 1.50. The van der Waals surface area contributed by atoms with Crippen molar-refractivity contribution in [2.75, 3.05) is 6.61 Å². The molecule has 0 atom stereocenters. The number of rotatable bonds is 5. The molecule has 0 N–H and O–H groups in total. The number of nitrogens with zero attached hydrogens (tertiary/aromatic N) is 1. The Morgan fingerprint density at radius 2 is 1.91 bits per heavy atom. The molecule has 2 rings (SSSR count). The molecule has 0 spiro atoms. The number of hydrogen-bond donors (Lipinski definition) is 0. The van der Waals surface area contributed by atoms with Crippen LogP contribution in [0.25, 0.3) is 10.9 Å². The summed E-state index contributed by atoms with van der Waals surface area (Å²) in [6.07, 6.45) is 1.32. The molecule has 0 saturated carbocycles. The molecule has 0 bridgehead atoms. The lowest BCUT2D eigenvalue weighted by atomic mass is 10.1. The molecule has 0 aliphatic heterocycles. The van der Waals surface area contributed by atoms with E-state index in [2.05, 4.69) is 4.98 Å². The Morgan fingerprint density at radius 3 is 2.57 bits per heavy atom. The number of aromatic nitrogens is 1. The van der Waals surface area contributed by atoms with Crippen LogP contribution in [0.3, 0.4) is 0 Å². The van der Waals surface area contributed by atoms with Crippen molar-refractivity contribution in [2.45, 2.75) is 40.0 Å². The fourth-order valence-corrected chi connectivity index (χ4v) is 2.26. The number of halogens is 2. The van der Waals surface area contributed by atoms with Crippen LogP contribution in [0.5, 0.6) is 5.75 Å². The quantitative estimate of drug-likeness (QED) is 0.591. The fourth-order valence-electron chi connectivity index (χ4n) is 2.26. The van der Waals surface area contributed by atoms with Gasteiger partial charge in [0.25, 0.3) is 0 Å². The van der Waals surface area contributed by atoms with Crippen molar-refractivity contribution in [3.63, 3.8) is 0 Å². The molecule has 6 heteroatoms. The van der Waals surface area contributed by atoms with Crippen LogP contribution in [0.4, 0.5) is 13.6 Å². The lowest BCUT2D eigenvalue weighted by Gasteiger charge is -2.14. The van der Waals surface area contributed by atoms with E-state index >= 15 is 0 Å². The van der Waals surface area contributed by atoms with Crippen molar-refractivity contribution in [1.29, 1.82) is 0 Å². The summed E-state index contributed by atoms with van der Waals surface area (Å²) in [5, 5.41) is 0.242. The lowest BCUT2D eigenvalue weighted by Crippen LogP contribution is -2.13. The molecule has 4 nitrogen and oxygen atoms in total. The average Bonchev–Trinajstić information content (AvgIpc) is 2.52. The van der Waals surface area contributed by atoms with Crippen LogP contribution in [0.2, 0.25) is 0 Å². The van der Waals surface area contributed by atoms with Gasteiger partial charge in [-0.05, 0) is 25.8 Å². The van der Waals surface area contributed by atoms with E-state index in [1.165, 1.54) is 0 Å². The molecule has 2 aromatic rings. The molecule has 1 aromatic carbocycles. The first-order valence-electron chi connectivity index (χ1n) is 7.60. The maximum Gasteiger partial charge on any atom is 0.513 e. The lowest BCUT2D eigenvalue weighted by molar-refractivity contribution is 0.0980. The minimum Gasteiger partial charge on any atom is -0.434 e. The van der Waals surface area contributed by atoms with Crippen molar-refractivity contribution < 1.29 is 23.0 Å². The van der Waals surface area contributed by atoms with Crippen LogP contribution in [-0.2, 0) is 11.2 Å². The standard InChI is InChI=1S/C17H19F2NO3/c1-4-6-7-22-17(21)23-16-10(3)14(5-2)20-15-9-13(19)12(18)8-11(15)16/h8-9H,4-7H2,1-3H3. The topological polar surface area (TPSA) is 48.4 Å². The SMILES string of the molecule is CCCCOC(=O)Oc1c(C)c(CC)nc2cc(F)c(F)cc12. The Balaban J connectivity index is 2.45. The number of unbranched alkanes of at least 4 members (excludes halogenated alkanes) is 1. The first-order chi connectivity index (χ1) is 11.0. The van der Waals surface area contributed by atoms with E-state index < -0.39 is 17.8 Å². The Hall–Kier alpha value is -2.24. The molecule has 124 valence electrons. The van der Waals surface area contributed by atoms with Crippen LogP contribution in [0.1, 0.15) is 37.9 Å². The Morgan fingerprint density at radius 1 is 1.22 bits per heavy atom. The van der Waals surface area contributed by atoms with Crippen LogP contribution in [0, 0.1) is 18.6 Å². The third-order valence-electron chi connectivity index (χ3n) is 3.55. The van der Waals surface area contributed by atoms with Gasteiger partial charge in [-0.2, -0.15) is 0 Å². The second-order valence-electron chi connectivity index (χ2n) is 5.20. The minimum absolute atomic E-state index is 0.159. The van der Waals surface area contributed by atoms with Gasteiger partial charge in [0, 0.05) is 22.7 Å². The highest BCUT2D eigenvalue weighted by atomic mass is 19.2. The van der Waals surface area contributed by atoms with Crippen molar-refractivity contribution in [3.05, 3.63) is 35.0 Å². The number of pyridine rings is 1. The van der Waals surface area contributed by atoms with Crippen molar-refractivity contribution in [1.82, 2.24) is 4.98 Å². The molecule has 1 heterocycles. The van der Waals surface area contributed by atoms with E-state index in [-0.39, 0.29) is 23.3 Å². The Labute approximate surface area is 133 Å². The zero-order valence-corrected chi connectivity index (χ0v) is 13.4. The predicted octanol–water partition coefficient (Wildman–Crippen LogP) is 4.70. The Bertz CT molecular complexity index is 732. The molecule has 1 aromatic heterocycles. The normalized spacial score (nSPS) is 10.8. The maximum atomic E-state index is 13.6. The number of fused-ring (bicyclic) bond motifs is 1. The molecule has 0 saturated heterocycles. The van der Waals surface area contributed by atoms with Crippen LogP contribution in [-0.4, -0.2) is 17.7 Å². The van der Waals surface area contributed by atoms with E-state index in [1.54, 1.807) is 6.92 Å². The summed E-state index contributed by atoms with van der Waals surface area (Å²) < 4.78 is 37.2. The molecule has 0 aliphatic rings. The van der Waals surface area contributed by atoms with E-state index in [4.69, 9.17) is 9.47 Å². The highest BCUT2D eigenvalue weighted by Crippen LogP contribution is 2.32. The van der Waals surface area contributed by atoms with Gasteiger partial charge in [-0.15, -0.1) is 0 Å². The average molecular weight is 323 g/mol. The summed E-state index contributed by atoms with van der Waals surface area (Å²) in [6, 6.07) is 1.98. The second-order valence-corrected chi connectivity index (χ2v) is 5.20. The third kappa shape index (κ3) is 3.75. The molecular weight excluding hydrogens is 304 g/mol. The van der Waals surface area contributed by atoms with Crippen molar-refractivity contribution >= 4 is 17.1 Å². The number of hydrogen-bond acceptors (Lipinski definition) is 4. The van der Waals surface area contributed by atoms with Gasteiger partial charge in [0.05, 0.1) is 12.1 Å². The number of carbonyl (C=O) groups excluding carboxylic acids is 1. The van der Waals surface area contributed by atoms with E-state index in [0.29, 0.717) is 17.7 Å². The molecular formula is C17H19F2NO3. The van der Waals surface area contributed by atoms with Gasteiger partial charge in [-0.25, -0.2) is 13.6 Å². The van der Waals surface area contributed by atoms with Gasteiger partial charge >= 0.3 is 6.16 Å². The molecule has 0 unspecified atom stereocenters. The van der Waals surface area contributed by atoms with Crippen LogP contribution < -0.4 is 4.74 Å². The predicted molar refractivity (Wildman–Crippen MR) is 82.7 cm³/mol. The minimum atomic E-state index is -1.02.